The Morgan fingerprint density at radius 3 is 2.24 bits per heavy atom. The Hall–Kier alpha value is -0.430. The van der Waals surface area contributed by atoms with Crippen molar-refractivity contribution >= 4 is 15.9 Å². The molecule has 0 radical (unpaired) electrons. The third-order valence-corrected chi connectivity index (χ3v) is 4.38. The Labute approximate surface area is 136 Å². The van der Waals surface area contributed by atoms with Crippen LogP contribution in [0.25, 0.3) is 0 Å². The first-order valence-corrected chi connectivity index (χ1v) is 8.56. The molecule has 0 aliphatic rings. The van der Waals surface area contributed by atoms with Gasteiger partial charge in [-0.05, 0) is 50.2 Å². The van der Waals surface area contributed by atoms with Gasteiger partial charge in [-0.3, -0.25) is 4.68 Å². The number of rotatable bonds is 10. The molecule has 1 rings (SSSR count). The lowest BCUT2D eigenvalue weighted by molar-refractivity contribution is -0.153. The van der Waals surface area contributed by atoms with Crippen LogP contribution in [0.15, 0.2) is 4.47 Å². The summed E-state index contributed by atoms with van der Waals surface area (Å²) in [5.41, 5.74) is 2.30. The molecular weight excluding hydrogens is 334 g/mol. The molecule has 0 aliphatic carbocycles. The van der Waals surface area contributed by atoms with E-state index in [0.29, 0.717) is 13.2 Å². The van der Waals surface area contributed by atoms with E-state index >= 15 is 0 Å². The number of likely N-dealkylation sites (N-methyl/N-ethyl adjacent to an activating group) is 1. The van der Waals surface area contributed by atoms with E-state index in [4.69, 9.17) is 9.47 Å². The van der Waals surface area contributed by atoms with Gasteiger partial charge in [0.1, 0.15) is 0 Å². The second kappa shape index (κ2) is 9.56. The maximum absolute atomic E-state index is 5.72. The van der Waals surface area contributed by atoms with Gasteiger partial charge < -0.3 is 14.8 Å². The van der Waals surface area contributed by atoms with Crippen molar-refractivity contribution in [1.82, 2.24) is 15.1 Å². The Balaban J connectivity index is 2.96. The van der Waals surface area contributed by atoms with Gasteiger partial charge in [-0.1, -0.05) is 6.92 Å². The number of halogens is 1. The summed E-state index contributed by atoms with van der Waals surface area (Å²) in [7, 11) is 1.94. The molecular formula is C15H28BrN3O2. The number of aromatic nitrogens is 2. The fourth-order valence-electron chi connectivity index (χ4n) is 2.36. The molecule has 5 nitrogen and oxygen atoms in total. The van der Waals surface area contributed by atoms with Crippen LogP contribution < -0.4 is 5.32 Å². The van der Waals surface area contributed by atoms with Crippen molar-refractivity contribution in [1.29, 1.82) is 0 Å². The van der Waals surface area contributed by atoms with Gasteiger partial charge in [0.15, 0.2) is 6.29 Å². The first kappa shape index (κ1) is 18.6. The highest BCUT2D eigenvalue weighted by Gasteiger charge is 2.25. The van der Waals surface area contributed by atoms with Crippen LogP contribution in [0, 0.1) is 0 Å². The van der Waals surface area contributed by atoms with Crippen molar-refractivity contribution in [3.63, 3.8) is 0 Å². The normalized spacial score (nSPS) is 13.1. The van der Waals surface area contributed by atoms with Gasteiger partial charge in [0, 0.05) is 26.2 Å². The van der Waals surface area contributed by atoms with E-state index in [2.05, 4.69) is 44.9 Å². The fourth-order valence-corrected chi connectivity index (χ4v) is 3.09. The molecule has 21 heavy (non-hydrogen) atoms. The minimum Gasteiger partial charge on any atom is -0.351 e. The smallest absolute Gasteiger partial charge is 0.173 e. The second-order valence-corrected chi connectivity index (χ2v) is 5.55. The van der Waals surface area contributed by atoms with Crippen LogP contribution in [0.5, 0.6) is 0 Å². The van der Waals surface area contributed by atoms with Gasteiger partial charge in [0.2, 0.25) is 0 Å². The molecule has 1 heterocycles. The summed E-state index contributed by atoms with van der Waals surface area (Å²) >= 11 is 3.70. The molecule has 0 saturated carbocycles. The molecule has 0 amide bonds. The van der Waals surface area contributed by atoms with Crippen molar-refractivity contribution in [2.75, 3.05) is 20.3 Å². The third kappa shape index (κ3) is 4.77. The van der Waals surface area contributed by atoms with Crippen molar-refractivity contribution in [3.8, 4) is 0 Å². The highest BCUT2D eigenvalue weighted by molar-refractivity contribution is 9.10. The number of nitrogens with zero attached hydrogens (tertiary/aromatic N) is 2. The molecule has 1 atom stereocenters. The van der Waals surface area contributed by atoms with E-state index in [1.165, 1.54) is 5.69 Å². The molecule has 0 aliphatic heterocycles. The average Bonchev–Trinajstić information content (AvgIpc) is 2.80. The first-order valence-electron chi connectivity index (χ1n) is 7.77. The van der Waals surface area contributed by atoms with Crippen LogP contribution >= 0.6 is 15.9 Å². The number of nitrogens with one attached hydrogen (secondary N) is 1. The molecule has 0 spiro atoms. The minimum absolute atomic E-state index is 0.0907. The summed E-state index contributed by atoms with van der Waals surface area (Å²) in [6, 6.07) is 0.0907. The molecule has 0 bridgehead atoms. The maximum Gasteiger partial charge on any atom is 0.173 e. The van der Waals surface area contributed by atoms with Crippen LogP contribution in [0.1, 0.15) is 39.1 Å². The second-order valence-electron chi connectivity index (χ2n) is 4.76. The number of aryl methyl sites for hydroxylation is 2. The Morgan fingerprint density at radius 1 is 1.19 bits per heavy atom. The van der Waals surface area contributed by atoms with E-state index in [-0.39, 0.29) is 12.3 Å². The summed E-state index contributed by atoms with van der Waals surface area (Å²) in [4.78, 5) is 0. The predicted molar refractivity (Wildman–Crippen MR) is 88.6 cm³/mol. The largest absolute Gasteiger partial charge is 0.351 e. The molecule has 1 aromatic rings. The summed E-state index contributed by atoms with van der Waals surface area (Å²) in [6.45, 7) is 10.3. The lowest BCUT2D eigenvalue weighted by Crippen LogP contribution is -2.43. The van der Waals surface area contributed by atoms with Crippen LogP contribution in [0.2, 0.25) is 0 Å². The van der Waals surface area contributed by atoms with Gasteiger partial charge in [-0.15, -0.1) is 0 Å². The zero-order chi connectivity index (χ0) is 15.8. The Bertz CT molecular complexity index is 417. The van der Waals surface area contributed by atoms with Gasteiger partial charge in [-0.25, -0.2) is 0 Å². The number of ether oxygens (including phenoxy) is 2. The standard InChI is InChI=1S/C15H28BrN3O2/c1-6-11-14(16)13(19(7-2)18-11)10-12(17-5)15(20-8-3)21-9-4/h12,15,17H,6-10H2,1-5H3. The topological polar surface area (TPSA) is 48.3 Å². The summed E-state index contributed by atoms with van der Waals surface area (Å²) in [5.74, 6) is 0. The molecule has 1 unspecified atom stereocenters. The highest BCUT2D eigenvalue weighted by Crippen LogP contribution is 2.24. The average molecular weight is 362 g/mol. The number of hydrogen-bond donors (Lipinski definition) is 1. The van der Waals surface area contributed by atoms with E-state index < -0.39 is 0 Å². The summed E-state index contributed by atoms with van der Waals surface area (Å²) in [6.07, 6.45) is 1.48. The van der Waals surface area contributed by atoms with Crippen molar-refractivity contribution in [2.45, 2.75) is 59.4 Å². The van der Waals surface area contributed by atoms with Gasteiger partial charge >= 0.3 is 0 Å². The van der Waals surface area contributed by atoms with Crippen molar-refractivity contribution < 1.29 is 9.47 Å². The summed E-state index contributed by atoms with van der Waals surface area (Å²) < 4.78 is 14.6. The lowest BCUT2D eigenvalue weighted by atomic mass is 10.1. The summed E-state index contributed by atoms with van der Waals surface area (Å²) in [5, 5.41) is 7.96. The van der Waals surface area contributed by atoms with Gasteiger partial charge in [0.25, 0.3) is 0 Å². The Morgan fingerprint density at radius 2 is 1.81 bits per heavy atom. The van der Waals surface area contributed by atoms with E-state index in [1.54, 1.807) is 0 Å². The SMILES string of the molecule is CCOC(OCC)C(Cc1c(Br)c(CC)nn1CC)NC. The first-order chi connectivity index (χ1) is 10.1. The van der Waals surface area contributed by atoms with Crippen molar-refractivity contribution in [3.05, 3.63) is 15.9 Å². The monoisotopic (exact) mass is 361 g/mol. The Kier molecular flexibility index (Phi) is 8.48. The van der Waals surface area contributed by atoms with E-state index in [0.717, 1.165) is 29.6 Å². The van der Waals surface area contributed by atoms with E-state index in [9.17, 15) is 0 Å². The lowest BCUT2D eigenvalue weighted by Gasteiger charge is -2.26. The fraction of sp³-hybridized carbons (Fsp3) is 0.800. The predicted octanol–water partition coefficient (Wildman–Crippen LogP) is 2.76. The zero-order valence-electron chi connectivity index (χ0n) is 13.8. The zero-order valence-corrected chi connectivity index (χ0v) is 15.4. The van der Waals surface area contributed by atoms with Gasteiger partial charge in [0.05, 0.1) is 21.9 Å². The van der Waals surface area contributed by atoms with Crippen molar-refractivity contribution in [2.24, 2.45) is 0 Å². The van der Waals surface area contributed by atoms with Gasteiger partial charge in [-0.2, -0.15) is 5.10 Å². The van der Waals surface area contributed by atoms with Crippen LogP contribution in [0.3, 0.4) is 0 Å². The molecule has 0 fully saturated rings. The molecule has 0 aromatic carbocycles. The molecule has 1 aromatic heterocycles. The third-order valence-electron chi connectivity index (χ3n) is 3.47. The molecule has 0 saturated heterocycles. The van der Waals surface area contributed by atoms with Crippen LogP contribution in [-0.4, -0.2) is 42.4 Å². The minimum atomic E-state index is -0.248. The van der Waals surface area contributed by atoms with Crippen LogP contribution in [0.4, 0.5) is 0 Å². The van der Waals surface area contributed by atoms with E-state index in [1.807, 2.05) is 20.9 Å². The quantitative estimate of drug-likeness (QED) is 0.651. The van der Waals surface area contributed by atoms with Crippen LogP contribution in [-0.2, 0) is 28.9 Å². The molecule has 1 N–H and O–H groups in total. The number of hydrogen-bond acceptors (Lipinski definition) is 4. The molecule has 122 valence electrons. The highest BCUT2D eigenvalue weighted by atomic mass is 79.9. The molecule has 6 heteroatoms. The maximum atomic E-state index is 5.72.